The number of carboxylic acids is 1. The van der Waals surface area contributed by atoms with E-state index in [9.17, 15) is 19.0 Å². The van der Waals surface area contributed by atoms with Gasteiger partial charge in [-0.25, -0.2) is 4.57 Å². The zero-order valence-electron chi connectivity index (χ0n) is 36.8. The molecule has 0 aromatic heterocycles. The van der Waals surface area contributed by atoms with Gasteiger partial charge in [0.1, 0.15) is 12.1 Å². The minimum absolute atomic E-state index is 0.0152. The summed E-state index contributed by atoms with van der Waals surface area (Å²) in [6, 6.07) is -1.49. The van der Waals surface area contributed by atoms with Crippen LogP contribution in [0.15, 0.2) is 85.1 Å². The molecule has 0 rings (SSSR count). The van der Waals surface area contributed by atoms with Gasteiger partial charge < -0.3 is 25.2 Å². The third-order valence-corrected chi connectivity index (χ3v) is 10.1. The van der Waals surface area contributed by atoms with Gasteiger partial charge in [-0.15, -0.1) is 0 Å². The number of allylic oxidation sites excluding steroid dienone is 14. The maximum atomic E-state index is 12.7. The summed E-state index contributed by atoms with van der Waals surface area (Å²) in [6.07, 6.45) is 54.9. The summed E-state index contributed by atoms with van der Waals surface area (Å²) >= 11 is 0. The molecule has 0 amide bonds. The molecule has 0 aliphatic rings. The SMILES string of the molecule is CC/C=C\C/C=C\C/C=C\C/C=C\CCCCCOCC(COP(=O)(O)OCC(N)C(=O)O)OC(=O)CCCCCCCC/C=C\C/C=C\C/C=C\CCCCCCC. The van der Waals surface area contributed by atoms with Crippen molar-refractivity contribution in [3.8, 4) is 0 Å². The molecule has 0 radical (unpaired) electrons. The number of rotatable bonds is 42. The van der Waals surface area contributed by atoms with Gasteiger partial charge in [-0.3, -0.25) is 18.6 Å². The van der Waals surface area contributed by atoms with Crippen molar-refractivity contribution in [1.29, 1.82) is 0 Å². The third-order valence-electron chi connectivity index (χ3n) is 9.16. The number of aliphatic carboxylic acids is 1. The van der Waals surface area contributed by atoms with Crippen LogP contribution in [0.5, 0.6) is 0 Å². The molecule has 0 saturated heterocycles. The largest absolute Gasteiger partial charge is 0.480 e. The number of carboxylic acid groups (broad SMARTS) is 1. The molecule has 10 nitrogen and oxygen atoms in total. The van der Waals surface area contributed by atoms with E-state index in [1.54, 1.807) is 0 Å². The Bertz CT molecular complexity index is 1260. The van der Waals surface area contributed by atoms with E-state index in [2.05, 4.69) is 98.9 Å². The van der Waals surface area contributed by atoms with Gasteiger partial charge in [-0.05, 0) is 89.9 Å². The number of phosphoric ester groups is 1. The zero-order valence-corrected chi connectivity index (χ0v) is 37.7. The number of hydrogen-bond donors (Lipinski definition) is 3. The van der Waals surface area contributed by atoms with Crippen molar-refractivity contribution in [3.05, 3.63) is 85.1 Å². The average Bonchev–Trinajstić information content (AvgIpc) is 3.21. The second kappa shape index (κ2) is 43.2. The summed E-state index contributed by atoms with van der Waals surface area (Å²) in [5.74, 6) is -1.81. The minimum Gasteiger partial charge on any atom is -0.480 e. The van der Waals surface area contributed by atoms with Crippen LogP contribution in [0, 0.1) is 0 Å². The molecule has 11 heteroatoms. The number of nitrogens with two attached hydrogens (primary N) is 1. The lowest BCUT2D eigenvalue weighted by atomic mass is 10.1. The molecule has 0 aliphatic heterocycles. The van der Waals surface area contributed by atoms with E-state index >= 15 is 0 Å². The van der Waals surface area contributed by atoms with Crippen LogP contribution in [0.3, 0.4) is 0 Å². The Morgan fingerprint density at radius 1 is 0.559 bits per heavy atom. The van der Waals surface area contributed by atoms with Gasteiger partial charge in [0.05, 0.1) is 19.8 Å². The van der Waals surface area contributed by atoms with Crippen LogP contribution in [0.25, 0.3) is 0 Å². The molecule has 0 saturated carbocycles. The van der Waals surface area contributed by atoms with E-state index in [0.717, 1.165) is 103 Å². The molecule has 0 heterocycles. The Morgan fingerprint density at radius 3 is 1.47 bits per heavy atom. The van der Waals surface area contributed by atoms with Crippen LogP contribution in [0.2, 0.25) is 0 Å². The van der Waals surface area contributed by atoms with Gasteiger partial charge in [0, 0.05) is 13.0 Å². The van der Waals surface area contributed by atoms with Gasteiger partial charge in [0.2, 0.25) is 0 Å². The van der Waals surface area contributed by atoms with Gasteiger partial charge in [-0.1, -0.05) is 157 Å². The van der Waals surface area contributed by atoms with E-state index in [4.69, 9.17) is 29.4 Å². The first-order valence-electron chi connectivity index (χ1n) is 22.6. The first-order valence-corrected chi connectivity index (χ1v) is 24.1. The number of hydrogen-bond acceptors (Lipinski definition) is 8. The predicted molar refractivity (Wildman–Crippen MR) is 244 cm³/mol. The monoisotopic (exact) mass is 848 g/mol. The quantitative estimate of drug-likeness (QED) is 0.0234. The zero-order chi connectivity index (χ0) is 43.3. The van der Waals surface area contributed by atoms with Gasteiger partial charge in [-0.2, -0.15) is 0 Å². The van der Waals surface area contributed by atoms with Crippen molar-refractivity contribution in [2.45, 2.75) is 180 Å². The van der Waals surface area contributed by atoms with Crippen LogP contribution in [-0.2, 0) is 32.7 Å². The summed E-state index contributed by atoms with van der Waals surface area (Å²) in [4.78, 5) is 33.6. The lowest BCUT2D eigenvalue weighted by molar-refractivity contribution is -0.154. The highest BCUT2D eigenvalue weighted by atomic mass is 31.2. The molecule has 0 bridgehead atoms. The summed E-state index contributed by atoms with van der Waals surface area (Å²) in [7, 11) is -4.64. The van der Waals surface area contributed by atoms with Crippen LogP contribution >= 0.6 is 7.82 Å². The molecule has 338 valence electrons. The summed E-state index contributed by atoms with van der Waals surface area (Å²) in [6.45, 7) is 3.65. The molecular weight excluding hydrogens is 765 g/mol. The first kappa shape index (κ1) is 56.1. The van der Waals surface area contributed by atoms with Crippen molar-refractivity contribution in [1.82, 2.24) is 0 Å². The van der Waals surface area contributed by atoms with Gasteiger partial charge >= 0.3 is 19.8 Å². The molecule has 0 aromatic carbocycles. The van der Waals surface area contributed by atoms with Crippen molar-refractivity contribution < 1.29 is 42.7 Å². The highest BCUT2D eigenvalue weighted by Crippen LogP contribution is 2.43. The smallest absolute Gasteiger partial charge is 0.472 e. The normalized spacial score (nSPS) is 14.6. The fraction of sp³-hybridized carbons (Fsp3) is 0.667. The number of phosphoric acid groups is 1. The molecule has 59 heavy (non-hydrogen) atoms. The molecule has 0 aliphatic carbocycles. The molecule has 0 spiro atoms. The number of ether oxygens (including phenoxy) is 2. The van der Waals surface area contributed by atoms with E-state index in [0.29, 0.717) is 13.0 Å². The Labute approximate surface area is 358 Å². The van der Waals surface area contributed by atoms with Crippen LogP contribution in [0.1, 0.15) is 168 Å². The maximum absolute atomic E-state index is 12.7. The van der Waals surface area contributed by atoms with E-state index < -0.39 is 45.1 Å². The Hall–Kier alpha value is -2.85. The van der Waals surface area contributed by atoms with Crippen molar-refractivity contribution in [2.24, 2.45) is 5.73 Å². The second-order valence-corrected chi connectivity index (χ2v) is 16.2. The molecule has 4 N–H and O–H groups in total. The third kappa shape index (κ3) is 43.1. The summed E-state index contributed by atoms with van der Waals surface area (Å²) < 4.78 is 33.3. The van der Waals surface area contributed by atoms with Crippen LogP contribution in [-0.4, -0.2) is 60.5 Å². The first-order chi connectivity index (χ1) is 28.7. The van der Waals surface area contributed by atoms with E-state index in [1.807, 2.05) is 0 Å². The number of unbranched alkanes of at least 4 members (excludes halogenated alkanes) is 14. The van der Waals surface area contributed by atoms with Crippen LogP contribution < -0.4 is 5.73 Å². The van der Waals surface area contributed by atoms with E-state index in [-0.39, 0.29) is 13.0 Å². The Kier molecular flexibility index (Phi) is 41.2. The fourth-order valence-electron chi connectivity index (χ4n) is 5.66. The fourth-order valence-corrected chi connectivity index (χ4v) is 6.44. The summed E-state index contributed by atoms with van der Waals surface area (Å²) in [5, 5.41) is 8.90. The van der Waals surface area contributed by atoms with Gasteiger partial charge in [0.15, 0.2) is 0 Å². The van der Waals surface area contributed by atoms with E-state index in [1.165, 1.54) is 38.5 Å². The highest BCUT2D eigenvalue weighted by Gasteiger charge is 2.27. The van der Waals surface area contributed by atoms with Crippen LogP contribution in [0.4, 0.5) is 0 Å². The minimum atomic E-state index is -4.64. The lowest BCUT2D eigenvalue weighted by Gasteiger charge is -2.20. The highest BCUT2D eigenvalue weighted by molar-refractivity contribution is 7.47. The van der Waals surface area contributed by atoms with Gasteiger partial charge in [0.25, 0.3) is 0 Å². The molecule has 0 aromatic rings. The maximum Gasteiger partial charge on any atom is 0.472 e. The number of carbonyl (C=O) groups is 2. The average molecular weight is 848 g/mol. The molecular formula is C48H82NO9P. The topological polar surface area (TPSA) is 155 Å². The van der Waals surface area contributed by atoms with Crippen molar-refractivity contribution in [3.63, 3.8) is 0 Å². The van der Waals surface area contributed by atoms with Crippen molar-refractivity contribution >= 4 is 19.8 Å². The number of esters is 1. The predicted octanol–water partition coefficient (Wildman–Crippen LogP) is 12.8. The standard InChI is InChI=1S/C48H82NO9P/c1-3-5-7-9-11-13-15-17-19-21-22-23-24-25-26-28-30-32-34-36-38-40-47(50)58-45(43-56-59(53,54)57-44-46(49)48(51)52)42-55-41-39-37-35-33-31-29-27-20-18-16-14-12-10-8-6-4-2/h6,8,12,14-15,17-18,20-22,24-25,29,31,45-46H,3-5,7,9-11,13,16,19,23,26-28,30,32-44,49H2,1-2H3,(H,51,52)(H,53,54)/b8-6-,14-12-,17-15-,20-18-,22-21-,25-24-,31-29-. The second-order valence-electron chi connectivity index (χ2n) is 14.8. The lowest BCUT2D eigenvalue weighted by Crippen LogP contribution is -2.34. The molecule has 0 fully saturated rings. The Morgan fingerprint density at radius 2 is 0.983 bits per heavy atom. The Balaban J connectivity index is 4.31. The van der Waals surface area contributed by atoms with Crippen molar-refractivity contribution in [2.75, 3.05) is 26.4 Å². The number of carbonyl (C=O) groups excluding carboxylic acids is 1. The summed E-state index contributed by atoms with van der Waals surface area (Å²) in [5.41, 5.74) is 5.35. The molecule has 3 unspecified atom stereocenters. The molecule has 3 atom stereocenters.